The SMILES string of the molecule is CCNc1nc(C)c(S(=O)(=O)N2Cc3cc4c(cc3CC2C(=O)N[C@@H](Cc2ccc(-c3ccc(F)cc3)cc2)C(=O)O)OC[C@H](c2ccc(OCc3ccc(Cl)c(Cl)c3)cc2)O4)s1. The molecular formula is C46H41Cl2FN4O8S2. The van der Waals surface area contributed by atoms with Gasteiger partial charge in [-0.2, -0.15) is 4.31 Å². The van der Waals surface area contributed by atoms with Gasteiger partial charge in [0.1, 0.15) is 36.9 Å². The highest BCUT2D eigenvalue weighted by Gasteiger charge is 2.43. The Morgan fingerprint density at radius 3 is 2.30 bits per heavy atom. The molecule has 1 amide bonds. The van der Waals surface area contributed by atoms with Crippen LogP contribution >= 0.6 is 34.5 Å². The number of carbonyl (C=O) groups excluding carboxylic acids is 1. The molecular weight excluding hydrogens is 891 g/mol. The number of rotatable bonds is 14. The van der Waals surface area contributed by atoms with Gasteiger partial charge in [-0.3, -0.25) is 4.79 Å². The Labute approximate surface area is 377 Å². The Morgan fingerprint density at radius 1 is 0.937 bits per heavy atom. The minimum Gasteiger partial charge on any atom is -0.489 e. The van der Waals surface area contributed by atoms with Crippen molar-refractivity contribution in [1.29, 1.82) is 0 Å². The molecule has 17 heteroatoms. The number of hydrogen-bond donors (Lipinski definition) is 3. The molecule has 5 aromatic carbocycles. The summed E-state index contributed by atoms with van der Waals surface area (Å²) in [5.74, 6) is -0.939. The third kappa shape index (κ3) is 9.77. The zero-order valence-electron chi connectivity index (χ0n) is 33.9. The van der Waals surface area contributed by atoms with Crippen molar-refractivity contribution in [2.24, 2.45) is 0 Å². The number of halogens is 3. The molecule has 2 aliphatic heterocycles. The van der Waals surface area contributed by atoms with Crippen molar-refractivity contribution in [3.05, 3.63) is 153 Å². The summed E-state index contributed by atoms with van der Waals surface area (Å²) < 4.78 is 62.4. The molecule has 0 saturated carbocycles. The van der Waals surface area contributed by atoms with Crippen molar-refractivity contribution < 1.29 is 41.7 Å². The van der Waals surface area contributed by atoms with E-state index in [1.807, 2.05) is 37.3 Å². The third-order valence-corrected chi connectivity index (χ3v) is 15.1. The lowest BCUT2D eigenvalue weighted by Gasteiger charge is -2.36. The van der Waals surface area contributed by atoms with Crippen LogP contribution in [0.3, 0.4) is 0 Å². The van der Waals surface area contributed by atoms with E-state index < -0.39 is 40.1 Å². The molecule has 2 aliphatic rings. The number of benzene rings is 5. The first-order valence-electron chi connectivity index (χ1n) is 20.0. The molecule has 0 saturated heterocycles. The average Bonchev–Trinajstić information content (AvgIpc) is 3.66. The van der Waals surface area contributed by atoms with Crippen LogP contribution in [0.5, 0.6) is 17.2 Å². The van der Waals surface area contributed by atoms with Gasteiger partial charge >= 0.3 is 5.97 Å². The fourth-order valence-corrected chi connectivity index (χ4v) is 11.0. The minimum atomic E-state index is -4.36. The Kier molecular flexibility index (Phi) is 12.9. The predicted molar refractivity (Wildman–Crippen MR) is 239 cm³/mol. The molecule has 63 heavy (non-hydrogen) atoms. The van der Waals surface area contributed by atoms with Crippen molar-refractivity contribution in [1.82, 2.24) is 14.6 Å². The standard InChI is InChI=1S/C46H41Cl2FN4O8S2/c1-3-50-46-51-26(2)45(62-46)63(57,58)53-23-33-22-41-40(60-25-42(61-41)31-11-15-35(16-12-31)59-24-28-6-17-36(47)37(48)18-28)21-32(33)20-39(53)43(54)52-38(44(55)56)19-27-4-7-29(8-5-27)30-9-13-34(49)14-10-30/h4-18,21-22,38-39,42H,3,19-20,23-25H2,1-2H3,(H,50,51)(H,52,54)(H,55,56)/t38-,39?,42+/m0/s1. The van der Waals surface area contributed by atoms with Gasteiger partial charge in [0.25, 0.3) is 10.0 Å². The van der Waals surface area contributed by atoms with Crippen LogP contribution in [0, 0.1) is 12.7 Å². The van der Waals surface area contributed by atoms with Gasteiger partial charge in [-0.25, -0.2) is 22.6 Å². The number of ether oxygens (including phenoxy) is 3. The van der Waals surface area contributed by atoms with Crippen LogP contribution in [0.2, 0.25) is 10.0 Å². The molecule has 6 aromatic rings. The van der Waals surface area contributed by atoms with Crippen molar-refractivity contribution in [3.63, 3.8) is 0 Å². The van der Waals surface area contributed by atoms with Gasteiger partial charge < -0.3 is 30.0 Å². The third-order valence-electron chi connectivity index (χ3n) is 10.8. The number of hydrogen-bond acceptors (Lipinski definition) is 10. The monoisotopic (exact) mass is 930 g/mol. The number of thiazole rings is 1. The van der Waals surface area contributed by atoms with Gasteiger partial charge in [-0.05, 0) is 108 Å². The summed E-state index contributed by atoms with van der Waals surface area (Å²) in [6.07, 6.45) is -0.631. The molecule has 326 valence electrons. The number of aliphatic carboxylic acids is 1. The van der Waals surface area contributed by atoms with Crippen molar-refractivity contribution in [2.75, 3.05) is 18.5 Å². The molecule has 3 N–H and O–H groups in total. The Bertz CT molecular complexity index is 2770. The van der Waals surface area contributed by atoms with Crippen LogP contribution in [-0.2, 0) is 45.6 Å². The van der Waals surface area contributed by atoms with Crippen LogP contribution in [0.25, 0.3) is 11.1 Å². The first-order valence-corrected chi connectivity index (χ1v) is 23.0. The molecule has 1 aromatic heterocycles. The summed E-state index contributed by atoms with van der Waals surface area (Å²) in [7, 11) is -4.36. The first kappa shape index (κ1) is 43.9. The summed E-state index contributed by atoms with van der Waals surface area (Å²) in [5, 5.41) is 17.3. The van der Waals surface area contributed by atoms with E-state index in [0.29, 0.717) is 62.3 Å². The lowest BCUT2D eigenvalue weighted by Crippen LogP contribution is -2.55. The Hall–Kier alpha value is -5.71. The number of carboxylic acid groups (broad SMARTS) is 1. The normalized spacial score (nSPS) is 16.5. The predicted octanol–water partition coefficient (Wildman–Crippen LogP) is 9.02. The summed E-state index contributed by atoms with van der Waals surface area (Å²) in [5.41, 5.74) is 5.42. The molecule has 3 atom stereocenters. The van der Waals surface area contributed by atoms with Gasteiger partial charge in [0, 0.05) is 19.5 Å². The van der Waals surface area contributed by atoms with E-state index in [-0.39, 0.29) is 41.7 Å². The molecule has 12 nitrogen and oxygen atoms in total. The second kappa shape index (κ2) is 18.6. The Balaban J connectivity index is 1.02. The number of carbonyl (C=O) groups is 2. The minimum absolute atomic E-state index is 0.0299. The number of sulfonamides is 1. The van der Waals surface area contributed by atoms with Crippen LogP contribution in [0.15, 0.2) is 107 Å². The van der Waals surface area contributed by atoms with Crippen LogP contribution in [-0.4, -0.2) is 59.9 Å². The Morgan fingerprint density at radius 2 is 1.62 bits per heavy atom. The molecule has 0 fully saturated rings. The average molecular weight is 932 g/mol. The lowest BCUT2D eigenvalue weighted by atomic mass is 9.94. The van der Waals surface area contributed by atoms with Gasteiger partial charge in [0.15, 0.2) is 26.9 Å². The molecule has 3 heterocycles. The zero-order valence-corrected chi connectivity index (χ0v) is 37.1. The van der Waals surface area contributed by atoms with Crippen molar-refractivity contribution in [3.8, 4) is 28.4 Å². The smallest absolute Gasteiger partial charge is 0.326 e. The first-order chi connectivity index (χ1) is 30.2. The fourth-order valence-electron chi connectivity index (χ4n) is 7.48. The summed E-state index contributed by atoms with van der Waals surface area (Å²) >= 11 is 13.1. The molecule has 1 unspecified atom stereocenters. The van der Waals surface area contributed by atoms with Gasteiger partial charge in [-0.15, -0.1) is 0 Å². The summed E-state index contributed by atoms with van der Waals surface area (Å²) in [6.45, 7) is 4.25. The number of nitrogens with one attached hydrogen (secondary N) is 2. The highest BCUT2D eigenvalue weighted by Crippen LogP contribution is 2.42. The number of fused-ring (bicyclic) bond motifs is 2. The number of aryl methyl sites for hydroxylation is 1. The maximum atomic E-state index is 14.6. The summed E-state index contributed by atoms with van der Waals surface area (Å²) in [6, 6.07) is 26.6. The van der Waals surface area contributed by atoms with Crippen LogP contribution in [0.4, 0.5) is 9.52 Å². The summed E-state index contributed by atoms with van der Waals surface area (Å²) in [4.78, 5) is 31.3. The molecule has 0 aliphatic carbocycles. The van der Waals surface area contributed by atoms with Crippen LogP contribution in [0.1, 0.15) is 46.5 Å². The second-order valence-electron chi connectivity index (χ2n) is 15.1. The topological polar surface area (TPSA) is 156 Å². The van der Waals surface area contributed by atoms with E-state index in [0.717, 1.165) is 37.9 Å². The van der Waals surface area contributed by atoms with Crippen molar-refractivity contribution >= 4 is 61.6 Å². The zero-order chi connectivity index (χ0) is 44.4. The maximum Gasteiger partial charge on any atom is 0.326 e. The van der Waals surface area contributed by atoms with E-state index in [4.69, 9.17) is 37.4 Å². The molecule has 0 bridgehead atoms. The largest absolute Gasteiger partial charge is 0.489 e. The quantitative estimate of drug-likeness (QED) is 0.0964. The van der Waals surface area contributed by atoms with Crippen molar-refractivity contribution in [2.45, 2.75) is 62.2 Å². The number of nitrogens with zero attached hydrogens (tertiary/aromatic N) is 2. The lowest BCUT2D eigenvalue weighted by molar-refractivity contribution is -0.142. The van der Waals surface area contributed by atoms with E-state index in [1.54, 1.807) is 67.6 Å². The van der Waals surface area contributed by atoms with E-state index in [9.17, 15) is 27.5 Å². The highest BCUT2D eigenvalue weighted by atomic mass is 35.5. The number of anilines is 1. The fraction of sp³-hybridized carbons (Fsp3) is 0.239. The van der Waals surface area contributed by atoms with Gasteiger partial charge in [0.05, 0.1) is 15.7 Å². The van der Waals surface area contributed by atoms with Gasteiger partial charge in [0.2, 0.25) is 5.91 Å². The van der Waals surface area contributed by atoms with E-state index >= 15 is 0 Å². The van der Waals surface area contributed by atoms with Crippen LogP contribution < -0.4 is 24.8 Å². The van der Waals surface area contributed by atoms with E-state index in [1.165, 1.54) is 12.1 Å². The number of carboxylic acids is 1. The molecule has 0 spiro atoms. The molecule has 0 radical (unpaired) electrons. The molecule has 8 rings (SSSR count). The number of amides is 1. The second-order valence-corrected chi connectivity index (χ2v) is 19.0. The number of aromatic nitrogens is 1. The van der Waals surface area contributed by atoms with E-state index in [2.05, 4.69) is 15.6 Å². The maximum absolute atomic E-state index is 14.6. The van der Waals surface area contributed by atoms with Gasteiger partial charge in [-0.1, -0.05) is 89.1 Å². The highest BCUT2D eigenvalue weighted by molar-refractivity contribution is 7.91.